The highest BCUT2D eigenvalue weighted by atomic mass is 35.5. The summed E-state index contributed by atoms with van der Waals surface area (Å²) in [5.41, 5.74) is -0.145. The molecule has 0 aliphatic rings. The van der Waals surface area contributed by atoms with Crippen LogP contribution in [0.1, 0.15) is 10.5 Å². The second-order valence-electron chi connectivity index (χ2n) is 1.87. The molecule has 0 saturated heterocycles. The topological polar surface area (TPSA) is 61.3 Å². The van der Waals surface area contributed by atoms with Gasteiger partial charge in [-0.25, -0.2) is 14.8 Å². The van der Waals surface area contributed by atoms with Crippen molar-refractivity contribution >= 4 is 29.2 Å². The Balaban J connectivity index is 2.95. The van der Waals surface area contributed by atoms with Crippen molar-refractivity contribution in [2.24, 2.45) is 0 Å². The van der Waals surface area contributed by atoms with Crippen molar-refractivity contribution in [3.8, 4) is 0 Å². The van der Waals surface area contributed by atoms with E-state index in [1.165, 1.54) is 13.3 Å². The minimum absolute atomic E-state index is 0.0963. The van der Waals surface area contributed by atoms with Crippen LogP contribution < -0.4 is 0 Å². The Labute approximate surface area is 83.5 Å². The van der Waals surface area contributed by atoms with Crippen LogP contribution in [0.4, 0.5) is 0 Å². The minimum Gasteiger partial charge on any atom is -0.291 e. The highest BCUT2D eigenvalue weighted by Crippen LogP contribution is 2.14. The third kappa shape index (κ3) is 2.51. The largest absolute Gasteiger partial charge is 0.394 e. The average Bonchev–Trinajstić information content (AvgIpc) is 2.04. The van der Waals surface area contributed by atoms with Crippen molar-refractivity contribution in [1.29, 1.82) is 0 Å². The summed E-state index contributed by atoms with van der Waals surface area (Å²) in [6.45, 7) is 0. The van der Waals surface area contributed by atoms with Gasteiger partial charge in [-0.15, -0.1) is 0 Å². The third-order valence-corrected chi connectivity index (χ3v) is 1.50. The van der Waals surface area contributed by atoms with Crippen LogP contribution in [-0.4, -0.2) is 23.0 Å². The zero-order valence-electron chi connectivity index (χ0n) is 6.45. The Morgan fingerprint density at radius 3 is 2.77 bits per heavy atom. The summed E-state index contributed by atoms with van der Waals surface area (Å²) in [7, 11) is 1.19. The number of carbonyl (C=O) groups is 1. The molecular formula is C6H4Cl2N2O3. The molecule has 1 aromatic rings. The molecule has 1 aromatic heterocycles. The van der Waals surface area contributed by atoms with Crippen LogP contribution in [0.3, 0.4) is 0 Å². The molecule has 0 bridgehead atoms. The lowest BCUT2D eigenvalue weighted by Gasteiger charge is -1.99. The maximum absolute atomic E-state index is 11.0. The van der Waals surface area contributed by atoms with Crippen LogP contribution in [0, 0.1) is 0 Å². The normalized spacial score (nSPS) is 9.77. The summed E-state index contributed by atoms with van der Waals surface area (Å²) in [4.78, 5) is 26.5. The van der Waals surface area contributed by atoms with E-state index in [1.54, 1.807) is 0 Å². The number of nitrogens with zero attached hydrogens (tertiary/aromatic N) is 2. The molecule has 0 aromatic carbocycles. The van der Waals surface area contributed by atoms with E-state index in [4.69, 9.17) is 23.2 Å². The first kappa shape index (κ1) is 10.2. The summed E-state index contributed by atoms with van der Waals surface area (Å²) >= 11 is 11.0. The Bertz CT molecular complexity index is 332. The predicted molar refractivity (Wildman–Crippen MR) is 44.5 cm³/mol. The number of rotatable bonds is 2. The molecule has 0 atom stereocenters. The van der Waals surface area contributed by atoms with Crippen LogP contribution in [0.5, 0.6) is 0 Å². The maximum atomic E-state index is 11.0. The lowest BCUT2D eigenvalue weighted by molar-refractivity contribution is -0.216. The molecule has 0 aliphatic carbocycles. The number of carbonyl (C=O) groups excluding carboxylic acids is 1. The summed E-state index contributed by atoms with van der Waals surface area (Å²) in [5.74, 6) is -0.823. The Morgan fingerprint density at radius 1 is 1.54 bits per heavy atom. The van der Waals surface area contributed by atoms with Crippen LogP contribution in [0.15, 0.2) is 6.20 Å². The zero-order chi connectivity index (χ0) is 9.84. The van der Waals surface area contributed by atoms with Gasteiger partial charge in [0.1, 0.15) is 5.15 Å². The van der Waals surface area contributed by atoms with Gasteiger partial charge >= 0.3 is 5.97 Å². The van der Waals surface area contributed by atoms with Gasteiger partial charge in [-0.2, -0.15) is 4.89 Å². The van der Waals surface area contributed by atoms with Crippen molar-refractivity contribution in [3.63, 3.8) is 0 Å². The van der Waals surface area contributed by atoms with Crippen LogP contribution in [0.2, 0.25) is 10.3 Å². The van der Waals surface area contributed by atoms with E-state index in [9.17, 15) is 4.79 Å². The standard InChI is InChI=1S/C6H4Cl2N2O3/c1-12-13-6(11)4-5(8)10-3(7)2-9-4/h2H,1H3. The first-order valence-corrected chi connectivity index (χ1v) is 3.83. The van der Waals surface area contributed by atoms with Crippen molar-refractivity contribution in [3.05, 3.63) is 22.2 Å². The van der Waals surface area contributed by atoms with E-state index in [-0.39, 0.29) is 16.0 Å². The summed E-state index contributed by atoms with van der Waals surface area (Å²) < 4.78 is 0. The lowest BCUT2D eigenvalue weighted by Crippen LogP contribution is -2.08. The second-order valence-corrected chi connectivity index (χ2v) is 2.61. The van der Waals surface area contributed by atoms with Crippen LogP contribution in [0.25, 0.3) is 0 Å². The maximum Gasteiger partial charge on any atom is 0.394 e. The lowest BCUT2D eigenvalue weighted by atomic mass is 10.5. The molecule has 0 saturated carbocycles. The molecule has 0 N–H and O–H groups in total. The highest BCUT2D eigenvalue weighted by Gasteiger charge is 2.15. The third-order valence-electron chi connectivity index (χ3n) is 1.05. The van der Waals surface area contributed by atoms with E-state index in [2.05, 4.69) is 19.7 Å². The van der Waals surface area contributed by atoms with E-state index in [0.29, 0.717) is 0 Å². The van der Waals surface area contributed by atoms with E-state index >= 15 is 0 Å². The molecule has 5 nitrogen and oxygen atoms in total. The molecule has 1 heterocycles. The monoisotopic (exact) mass is 222 g/mol. The van der Waals surface area contributed by atoms with Gasteiger partial charge in [0, 0.05) is 0 Å². The molecule has 0 spiro atoms. The fourth-order valence-electron chi connectivity index (χ4n) is 0.599. The number of hydrogen-bond donors (Lipinski definition) is 0. The van der Waals surface area contributed by atoms with Gasteiger partial charge in [0.05, 0.1) is 13.3 Å². The van der Waals surface area contributed by atoms with Crippen molar-refractivity contribution in [1.82, 2.24) is 9.97 Å². The van der Waals surface area contributed by atoms with E-state index < -0.39 is 5.97 Å². The van der Waals surface area contributed by atoms with Gasteiger partial charge in [-0.3, -0.25) is 4.89 Å². The van der Waals surface area contributed by atoms with Crippen molar-refractivity contribution in [2.45, 2.75) is 0 Å². The SMILES string of the molecule is COOC(=O)c1ncc(Cl)nc1Cl. The number of aromatic nitrogens is 2. The van der Waals surface area contributed by atoms with Gasteiger partial charge in [-0.1, -0.05) is 23.2 Å². The molecule has 0 radical (unpaired) electrons. The first-order valence-electron chi connectivity index (χ1n) is 3.08. The Morgan fingerprint density at radius 2 is 2.23 bits per heavy atom. The Hall–Kier alpha value is -0.910. The molecule has 0 fully saturated rings. The summed E-state index contributed by atoms with van der Waals surface area (Å²) in [6, 6.07) is 0. The molecule has 70 valence electrons. The summed E-state index contributed by atoms with van der Waals surface area (Å²) in [6.07, 6.45) is 1.18. The highest BCUT2D eigenvalue weighted by molar-refractivity contribution is 6.34. The van der Waals surface area contributed by atoms with Gasteiger partial charge in [0.25, 0.3) is 0 Å². The first-order chi connectivity index (χ1) is 6.15. The molecule has 0 aliphatic heterocycles. The quantitative estimate of drug-likeness (QED) is 0.561. The van der Waals surface area contributed by atoms with Crippen molar-refractivity contribution < 1.29 is 14.6 Å². The van der Waals surface area contributed by atoms with Crippen LogP contribution >= 0.6 is 23.2 Å². The Kier molecular flexibility index (Phi) is 3.41. The molecule has 1 rings (SSSR count). The molecule has 7 heteroatoms. The molecular weight excluding hydrogens is 219 g/mol. The predicted octanol–water partition coefficient (Wildman–Crippen LogP) is 1.50. The van der Waals surface area contributed by atoms with Gasteiger partial charge in [0.15, 0.2) is 10.8 Å². The summed E-state index contributed by atoms with van der Waals surface area (Å²) in [5, 5.41) is -0.0338. The fraction of sp³-hybridized carbons (Fsp3) is 0.167. The smallest absolute Gasteiger partial charge is 0.291 e. The minimum atomic E-state index is -0.823. The molecule has 0 unspecified atom stereocenters. The zero-order valence-corrected chi connectivity index (χ0v) is 7.96. The van der Waals surface area contributed by atoms with Crippen molar-refractivity contribution in [2.75, 3.05) is 7.11 Å². The van der Waals surface area contributed by atoms with E-state index in [1.807, 2.05) is 0 Å². The average molecular weight is 223 g/mol. The number of hydrogen-bond acceptors (Lipinski definition) is 5. The van der Waals surface area contributed by atoms with Crippen LogP contribution in [-0.2, 0) is 9.78 Å². The molecule has 0 amide bonds. The molecule has 13 heavy (non-hydrogen) atoms. The number of halogens is 2. The van der Waals surface area contributed by atoms with Gasteiger partial charge in [0.2, 0.25) is 0 Å². The fourth-order valence-corrected chi connectivity index (χ4v) is 0.992. The van der Waals surface area contributed by atoms with E-state index in [0.717, 1.165) is 0 Å². The second kappa shape index (κ2) is 4.36. The van der Waals surface area contributed by atoms with Gasteiger partial charge in [-0.05, 0) is 0 Å². The van der Waals surface area contributed by atoms with Gasteiger partial charge < -0.3 is 0 Å².